The van der Waals surface area contributed by atoms with E-state index in [0.29, 0.717) is 132 Å². The van der Waals surface area contributed by atoms with Gasteiger partial charge in [-0.25, -0.2) is 29.9 Å². The number of aromatic nitrogens is 6. The van der Waals surface area contributed by atoms with E-state index < -0.39 is 0 Å². The number of nitrogens with zero attached hydrogens (tertiary/aromatic N) is 6. The standard InChI is InChI=1S/C112H156N6O10/c1-9-17-25-33-41-49-69-119-97-65-59-85(79-103(97)123-73-53-45-37-29-21-13-5)107-109(87-61-67-99(121-71-51-43-35-27-19-11-3)105(81-87)125-75-55-47-39-31-23-15-7)115-93-77-89(57-63-91(93)113-107)111-117-95-83-102-96(84-101(95)127-111)118-112(128-102)90-58-64-92-94(78-90)116-110(88-62-68-100(122-72-52-44-36-28-20-12-4)106(82-88)126-76-56-48-40-32-24-16-8)108(114-92)86-60-66-98(120-70-50-42-34-26-18-10-2)104(80-86)124-74-54-46-38-30-22-14-6/h57-68,77-84H,9-56,69-76H2,1-8H3. The number of rotatable bonds is 70. The molecule has 0 atom stereocenters. The maximum atomic E-state index is 6.77. The number of unbranched alkanes of at least 4 members (excludes halogenated alkanes) is 40. The van der Waals surface area contributed by atoms with Gasteiger partial charge in [-0.3, -0.25) is 0 Å². The zero-order chi connectivity index (χ0) is 89.2. The first-order chi connectivity index (χ1) is 63.2. The molecule has 0 saturated heterocycles. The van der Waals surface area contributed by atoms with E-state index in [0.717, 1.165) is 182 Å². The van der Waals surface area contributed by atoms with Crippen LogP contribution in [-0.2, 0) is 0 Å². The van der Waals surface area contributed by atoms with E-state index in [2.05, 4.69) is 128 Å². The van der Waals surface area contributed by atoms with E-state index in [1.807, 2.05) is 48.5 Å². The number of ether oxygens (including phenoxy) is 8. The molecule has 0 saturated carbocycles. The molecule has 0 bridgehead atoms. The highest BCUT2D eigenvalue weighted by atomic mass is 16.5. The van der Waals surface area contributed by atoms with E-state index in [4.69, 9.17) is 76.6 Å². The summed E-state index contributed by atoms with van der Waals surface area (Å²) in [6.45, 7) is 23.0. The first-order valence-electron chi connectivity index (χ1n) is 51.2. The minimum absolute atomic E-state index is 0.433. The minimum Gasteiger partial charge on any atom is -0.490 e. The lowest BCUT2D eigenvalue weighted by molar-refractivity contribution is 0.258. The second kappa shape index (κ2) is 57.6. The van der Waals surface area contributed by atoms with E-state index >= 15 is 0 Å². The fourth-order valence-electron chi connectivity index (χ4n) is 16.8. The molecule has 694 valence electrons. The molecule has 0 aliphatic carbocycles. The lowest BCUT2D eigenvalue weighted by Crippen LogP contribution is -2.04. The highest BCUT2D eigenvalue weighted by molar-refractivity contribution is 5.94. The van der Waals surface area contributed by atoms with Crippen LogP contribution in [0.3, 0.4) is 0 Å². The van der Waals surface area contributed by atoms with Gasteiger partial charge < -0.3 is 46.7 Å². The third kappa shape index (κ3) is 32.0. The van der Waals surface area contributed by atoms with Crippen LogP contribution in [0, 0.1) is 0 Å². The third-order valence-electron chi connectivity index (χ3n) is 24.6. The average molecular weight is 1750 g/mol. The Morgan fingerprint density at radius 1 is 0.172 bits per heavy atom. The van der Waals surface area contributed by atoms with Gasteiger partial charge in [0.05, 0.1) is 97.7 Å². The zero-order valence-electron chi connectivity index (χ0n) is 79.9. The monoisotopic (exact) mass is 1750 g/mol. The van der Waals surface area contributed by atoms with Crippen LogP contribution in [0.2, 0.25) is 0 Å². The van der Waals surface area contributed by atoms with E-state index in [1.165, 1.54) is 205 Å². The molecule has 16 nitrogen and oxygen atoms in total. The van der Waals surface area contributed by atoms with E-state index in [9.17, 15) is 0 Å². The van der Waals surface area contributed by atoms with Crippen molar-refractivity contribution in [3.63, 3.8) is 0 Å². The minimum atomic E-state index is 0.433. The summed E-state index contributed by atoms with van der Waals surface area (Å²) >= 11 is 0. The summed E-state index contributed by atoms with van der Waals surface area (Å²) in [5, 5.41) is 0. The molecule has 11 rings (SSSR count). The first kappa shape index (κ1) is 99.1. The average Bonchev–Trinajstić information content (AvgIpc) is 1.08. The summed E-state index contributed by atoms with van der Waals surface area (Å²) in [6, 6.07) is 41.0. The maximum Gasteiger partial charge on any atom is 0.227 e. The predicted molar refractivity (Wildman–Crippen MR) is 531 cm³/mol. The van der Waals surface area contributed by atoms with Crippen molar-refractivity contribution in [3.05, 3.63) is 121 Å². The van der Waals surface area contributed by atoms with Crippen molar-refractivity contribution < 1.29 is 46.7 Å². The molecule has 0 fully saturated rings. The highest BCUT2D eigenvalue weighted by Gasteiger charge is 2.25. The quantitative estimate of drug-likeness (QED) is 0.0329. The van der Waals surface area contributed by atoms with Crippen LogP contribution in [0.4, 0.5) is 0 Å². The maximum absolute atomic E-state index is 6.77. The van der Waals surface area contributed by atoms with Gasteiger partial charge in [-0.05, 0) is 161 Å². The molecule has 16 heteroatoms. The second-order valence-corrected chi connectivity index (χ2v) is 35.7. The highest BCUT2D eigenvalue weighted by Crippen LogP contribution is 2.44. The van der Waals surface area contributed by atoms with Crippen molar-refractivity contribution in [1.82, 2.24) is 29.9 Å². The molecule has 7 aromatic carbocycles. The lowest BCUT2D eigenvalue weighted by Gasteiger charge is -2.17. The summed E-state index contributed by atoms with van der Waals surface area (Å²) in [6.07, 6.45) is 56.4. The van der Waals surface area contributed by atoms with Gasteiger partial charge >= 0.3 is 0 Å². The Hall–Kier alpha value is -9.44. The van der Waals surface area contributed by atoms with Crippen molar-refractivity contribution in [3.8, 4) is 114 Å². The topological polar surface area (TPSA) is 177 Å². The van der Waals surface area contributed by atoms with Gasteiger partial charge in [0, 0.05) is 45.5 Å². The summed E-state index contributed by atoms with van der Waals surface area (Å²) in [4.78, 5) is 32.6. The van der Waals surface area contributed by atoms with Crippen molar-refractivity contribution in [2.24, 2.45) is 0 Å². The number of hydrogen-bond donors (Lipinski definition) is 0. The van der Waals surface area contributed by atoms with Crippen molar-refractivity contribution in [1.29, 1.82) is 0 Å². The number of benzene rings is 7. The van der Waals surface area contributed by atoms with Crippen LogP contribution in [0.1, 0.15) is 364 Å². The summed E-state index contributed by atoms with van der Waals surface area (Å²) in [5.74, 6) is 6.70. The summed E-state index contributed by atoms with van der Waals surface area (Å²) in [7, 11) is 0. The van der Waals surface area contributed by atoms with Gasteiger partial charge in [-0.2, -0.15) is 0 Å². The van der Waals surface area contributed by atoms with Crippen LogP contribution in [0.15, 0.2) is 130 Å². The largest absolute Gasteiger partial charge is 0.490 e. The second-order valence-electron chi connectivity index (χ2n) is 35.7. The van der Waals surface area contributed by atoms with E-state index in [1.54, 1.807) is 0 Å². The molecular formula is C112H156N6O10. The first-order valence-corrected chi connectivity index (χ1v) is 51.2. The fraction of sp³-hybridized carbons (Fsp3) is 0.571. The molecule has 0 unspecified atom stereocenters. The van der Waals surface area contributed by atoms with Gasteiger partial charge in [0.15, 0.2) is 57.2 Å². The van der Waals surface area contributed by atoms with Crippen molar-refractivity contribution in [2.75, 3.05) is 52.9 Å². The van der Waals surface area contributed by atoms with Crippen LogP contribution in [0.5, 0.6) is 46.0 Å². The van der Waals surface area contributed by atoms with Gasteiger partial charge in [-0.15, -0.1) is 0 Å². The van der Waals surface area contributed by atoms with Gasteiger partial charge in [0.2, 0.25) is 11.8 Å². The molecule has 4 heterocycles. The van der Waals surface area contributed by atoms with Crippen molar-refractivity contribution >= 4 is 44.3 Å². The Labute approximate surface area is 768 Å². The molecule has 0 spiro atoms. The SMILES string of the molecule is CCCCCCCCOc1ccc(-c2nc3ccc(-c4nc5cc6oc(-c7ccc8nc(-c9ccc(OCCCCCCCC)c(OCCCCCCCC)c9)c(-c9ccc(OCCCCCCCC)c(OCCCCCCCC)c9)nc8c7)nc6cc5o4)cc3nc2-c2ccc(OCCCCCCCC)c(OCCCCCCCC)c2)cc1OCCCCCCCC. The Morgan fingerprint density at radius 3 is 0.594 bits per heavy atom. The smallest absolute Gasteiger partial charge is 0.227 e. The van der Waals surface area contributed by atoms with Crippen LogP contribution < -0.4 is 37.9 Å². The Bertz CT molecular complexity index is 4640. The summed E-state index contributed by atoms with van der Waals surface area (Å²) < 4.78 is 67.0. The molecule has 128 heavy (non-hydrogen) atoms. The van der Waals surface area contributed by atoms with Gasteiger partial charge in [0.25, 0.3) is 0 Å². The predicted octanol–water partition coefficient (Wildman–Crippen LogP) is 33.8. The Kier molecular flexibility index (Phi) is 44.6. The lowest BCUT2D eigenvalue weighted by atomic mass is 10.0. The molecule has 0 radical (unpaired) electrons. The number of fused-ring (bicyclic) bond motifs is 4. The van der Waals surface area contributed by atoms with Crippen LogP contribution in [-0.4, -0.2) is 82.8 Å². The number of hydrogen-bond acceptors (Lipinski definition) is 16. The van der Waals surface area contributed by atoms with Crippen LogP contribution >= 0.6 is 0 Å². The Balaban J connectivity index is 0.935. The fourth-order valence-corrected chi connectivity index (χ4v) is 16.8. The van der Waals surface area contributed by atoms with E-state index in [-0.39, 0.29) is 0 Å². The normalized spacial score (nSPS) is 11.6. The molecule has 0 amide bonds. The summed E-state index contributed by atoms with van der Waals surface area (Å²) in [5.41, 5.74) is 13.0. The third-order valence-corrected chi connectivity index (χ3v) is 24.6. The molecule has 0 aliphatic rings. The van der Waals surface area contributed by atoms with Crippen LogP contribution in [0.25, 0.3) is 112 Å². The number of oxazole rings is 2. The van der Waals surface area contributed by atoms with Crippen molar-refractivity contribution in [2.45, 2.75) is 364 Å². The molecule has 0 aliphatic heterocycles. The van der Waals surface area contributed by atoms with Gasteiger partial charge in [0.1, 0.15) is 11.0 Å². The van der Waals surface area contributed by atoms with Gasteiger partial charge in [-0.1, -0.05) is 312 Å². The molecule has 11 aromatic rings. The molecular weight excluding hydrogens is 1590 g/mol. The zero-order valence-corrected chi connectivity index (χ0v) is 79.9. The molecule has 0 N–H and O–H groups in total. The molecule has 4 aromatic heterocycles. The Morgan fingerprint density at radius 2 is 0.367 bits per heavy atom.